The van der Waals surface area contributed by atoms with Crippen molar-refractivity contribution < 1.29 is 27.4 Å². The van der Waals surface area contributed by atoms with Gasteiger partial charge in [0.05, 0.1) is 12.2 Å². The largest absolute Gasteiger partial charge is 0.482 e. The van der Waals surface area contributed by atoms with Gasteiger partial charge in [0, 0.05) is 15.5 Å². The maximum Gasteiger partial charge on any atom is 0.416 e. The quantitative estimate of drug-likeness (QED) is 0.251. The smallest absolute Gasteiger partial charge is 0.416 e. The highest BCUT2D eigenvalue weighted by Crippen LogP contribution is 2.37. The number of esters is 1. The van der Waals surface area contributed by atoms with Crippen molar-refractivity contribution in [2.75, 3.05) is 13.2 Å². The SMILES string of the molecule is CCOC(=O)COc1ccc(SCc2scc(-c3ccc(C(F)(F)F)cc3)c2C)cc1C. The number of ether oxygens (including phenoxy) is 2. The summed E-state index contributed by atoms with van der Waals surface area (Å²) in [6.07, 6.45) is -4.33. The lowest BCUT2D eigenvalue weighted by atomic mass is 10.0. The molecule has 0 unspecified atom stereocenters. The summed E-state index contributed by atoms with van der Waals surface area (Å²) in [6, 6.07) is 11.1. The fourth-order valence-electron chi connectivity index (χ4n) is 3.08. The normalized spacial score (nSPS) is 11.4. The second-order valence-electron chi connectivity index (χ2n) is 7.08. The molecule has 0 aliphatic heterocycles. The highest BCUT2D eigenvalue weighted by molar-refractivity contribution is 7.98. The topological polar surface area (TPSA) is 35.5 Å². The van der Waals surface area contributed by atoms with E-state index in [1.54, 1.807) is 30.0 Å². The van der Waals surface area contributed by atoms with Crippen LogP contribution in [0.25, 0.3) is 11.1 Å². The van der Waals surface area contributed by atoms with E-state index < -0.39 is 17.7 Å². The number of hydrogen-bond donors (Lipinski definition) is 0. The summed E-state index contributed by atoms with van der Waals surface area (Å²) < 4.78 is 48.8. The zero-order valence-corrected chi connectivity index (χ0v) is 19.5. The standard InChI is InChI=1S/C24H23F3O3S2/c1-4-29-23(28)12-30-21-10-9-19(11-15(21)2)31-14-22-16(3)20(13-32-22)17-5-7-18(8-6-17)24(25,26)27/h5-11,13H,4,12,14H2,1-3H3. The van der Waals surface area contributed by atoms with E-state index in [4.69, 9.17) is 9.47 Å². The summed E-state index contributed by atoms with van der Waals surface area (Å²) in [4.78, 5) is 13.7. The minimum atomic E-state index is -4.33. The summed E-state index contributed by atoms with van der Waals surface area (Å²) in [6.45, 7) is 5.86. The molecular formula is C24H23F3O3S2. The van der Waals surface area contributed by atoms with Crippen LogP contribution in [0.1, 0.15) is 28.5 Å². The van der Waals surface area contributed by atoms with Gasteiger partial charge in [0.15, 0.2) is 6.61 Å². The predicted octanol–water partition coefficient (Wildman–Crippen LogP) is 7.28. The number of aryl methyl sites for hydroxylation is 1. The van der Waals surface area contributed by atoms with Crippen LogP contribution >= 0.6 is 23.1 Å². The van der Waals surface area contributed by atoms with Gasteiger partial charge in [-0.25, -0.2) is 4.79 Å². The molecule has 0 radical (unpaired) electrons. The molecule has 0 N–H and O–H groups in total. The molecular weight excluding hydrogens is 457 g/mol. The number of carbonyl (C=O) groups excluding carboxylic acids is 1. The average Bonchev–Trinajstić information content (AvgIpc) is 3.11. The van der Waals surface area contributed by atoms with Gasteiger partial charge in [-0.2, -0.15) is 13.2 Å². The van der Waals surface area contributed by atoms with Crippen molar-refractivity contribution in [3.8, 4) is 16.9 Å². The Morgan fingerprint density at radius 1 is 1.09 bits per heavy atom. The molecule has 0 amide bonds. The Morgan fingerprint density at radius 2 is 1.81 bits per heavy atom. The van der Waals surface area contributed by atoms with Crippen molar-refractivity contribution in [2.45, 2.75) is 37.6 Å². The minimum absolute atomic E-state index is 0.123. The molecule has 170 valence electrons. The Hall–Kier alpha value is -2.45. The van der Waals surface area contributed by atoms with Crippen LogP contribution in [0.2, 0.25) is 0 Å². The number of halogens is 3. The first kappa shape index (κ1) is 24.2. The molecule has 32 heavy (non-hydrogen) atoms. The maximum absolute atomic E-state index is 12.8. The number of benzene rings is 2. The van der Waals surface area contributed by atoms with E-state index >= 15 is 0 Å². The Bertz CT molecular complexity index is 1070. The minimum Gasteiger partial charge on any atom is -0.482 e. The molecule has 2 aromatic carbocycles. The second kappa shape index (κ2) is 10.4. The number of carbonyl (C=O) groups is 1. The molecule has 0 fully saturated rings. The monoisotopic (exact) mass is 480 g/mol. The van der Waals surface area contributed by atoms with Crippen LogP contribution in [0.3, 0.4) is 0 Å². The molecule has 0 atom stereocenters. The van der Waals surface area contributed by atoms with E-state index in [1.165, 1.54) is 17.0 Å². The van der Waals surface area contributed by atoms with Crippen LogP contribution in [0.15, 0.2) is 52.7 Å². The summed E-state index contributed by atoms with van der Waals surface area (Å²) in [7, 11) is 0. The van der Waals surface area contributed by atoms with Crippen molar-refractivity contribution in [3.05, 3.63) is 69.4 Å². The number of thiophene rings is 1. The molecule has 0 bridgehead atoms. The van der Waals surface area contributed by atoms with Gasteiger partial charge in [0.25, 0.3) is 0 Å². The van der Waals surface area contributed by atoms with E-state index in [1.807, 2.05) is 37.4 Å². The van der Waals surface area contributed by atoms with Gasteiger partial charge in [0.2, 0.25) is 0 Å². The van der Waals surface area contributed by atoms with Crippen molar-refractivity contribution in [1.29, 1.82) is 0 Å². The summed E-state index contributed by atoms with van der Waals surface area (Å²) in [5.41, 5.74) is 3.09. The van der Waals surface area contributed by atoms with Crippen LogP contribution in [-0.2, 0) is 21.5 Å². The second-order valence-corrected chi connectivity index (χ2v) is 9.10. The van der Waals surface area contributed by atoms with Gasteiger partial charge < -0.3 is 9.47 Å². The van der Waals surface area contributed by atoms with Gasteiger partial charge in [-0.05, 0) is 78.7 Å². The molecule has 0 saturated heterocycles. The van der Waals surface area contributed by atoms with Gasteiger partial charge >= 0.3 is 12.1 Å². The number of alkyl halides is 3. The number of rotatable bonds is 8. The first-order chi connectivity index (χ1) is 15.2. The zero-order valence-electron chi connectivity index (χ0n) is 17.9. The average molecular weight is 481 g/mol. The lowest BCUT2D eigenvalue weighted by Gasteiger charge is -2.10. The van der Waals surface area contributed by atoms with Gasteiger partial charge in [-0.15, -0.1) is 23.1 Å². The van der Waals surface area contributed by atoms with E-state index in [9.17, 15) is 18.0 Å². The molecule has 1 aromatic heterocycles. The van der Waals surface area contributed by atoms with Gasteiger partial charge in [-0.1, -0.05) is 12.1 Å². The summed E-state index contributed by atoms with van der Waals surface area (Å²) >= 11 is 3.28. The highest BCUT2D eigenvalue weighted by Gasteiger charge is 2.30. The third-order valence-corrected chi connectivity index (χ3v) is 7.12. The molecule has 3 rings (SSSR count). The molecule has 0 aliphatic carbocycles. The molecule has 1 heterocycles. The Balaban J connectivity index is 1.64. The van der Waals surface area contributed by atoms with Crippen LogP contribution in [0, 0.1) is 13.8 Å². The Morgan fingerprint density at radius 3 is 2.44 bits per heavy atom. The van der Waals surface area contributed by atoms with Crippen molar-refractivity contribution in [3.63, 3.8) is 0 Å². The lowest BCUT2D eigenvalue weighted by Crippen LogP contribution is -2.14. The van der Waals surface area contributed by atoms with Crippen LogP contribution in [0.5, 0.6) is 5.75 Å². The number of hydrogen-bond acceptors (Lipinski definition) is 5. The molecule has 3 nitrogen and oxygen atoms in total. The fourth-order valence-corrected chi connectivity index (χ4v) is 5.33. The Labute approximate surface area is 193 Å². The Kier molecular flexibility index (Phi) is 7.90. The first-order valence-corrected chi connectivity index (χ1v) is 11.8. The predicted molar refractivity (Wildman–Crippen MR) is 122 cm³/mol. The van der Waals surface area contributed by atoms with E-state index in [0.29, 0.717) is 12.4 Å². The zero-order chi connectivity index (χ0) is 23.3. The van der Waals surface area contributed by atoms with Gasteiger partial charge in [-0.3, -0.25) is 0 Å². The van der Waals surface area contributed by atoms with Crippen molar-refractivity contribution in [1.82, 2.24) is 0 Å². The molecule has 8 heteroatoms. The highest BCUT2D eigenvalue weighted by atomic mass is 32.2. The van der Waals surface area contributed by atoms with Crippen LogP contribution in [-0.4, -0.2) is 19.2 Å². The fraction of sp³-hybridized carbons (Fsp3) is 0.292. The maximum atomic E-state index is 12.8. The van der Waals surface area contributed by atoms with Crippen molar-refractivity contribution >= 4 is 29.1 Å². The summed E-state index contributed by atoms with van der Waals surface area (Å²) in [5.74, 6) is 0.987. The third-order valence-electron chi connectivity index (χ3n) is 4.83. The molecule has 3 aromatic rings. The molecule has 0 aliphatic rings. The molecule has 0 spiro atoms. The molecule has 0 saturated carbocycles. The lowest BCUT2D eigenvalue weighted by molar-refractivity contribution is -0.145. The number of thioether (sulfide) groups is 1. The van der Waals surface area contributed by atoms with E-state index in [0.717, 1.165) is 45.0 Å². The third kappa shape index (κ3) is 6.07. The first-order valence-electron chi connectivity index (χ1n) is 9.95. The summed E-state index contributed by atoms with van der Waals surface area (Å²) in [5, 5.41) is 1.99. The van der Waals surface area contributed by atoms with Crippen LogP contribution in [0.4, 0.5) is 13.2 Å². The van der Waals surface area contributed by atoms with Crippen LogP contribution < -0.4 is 4.74 Å². The van der Waals surface area contributed by atoms with Crippen molar-refractivity contribution in [2.24, 2.45) is 0 Å². The van der Waals surface area contributed by atoms with E-state index in [2.05, 4.69) is 0 Å². The van der Waals surface area contributed by atoms with Gasteiger partial charge in [0.1, 0.15) is 5.75 Å². The van der Waals surface area contributed by atoms with E-state index in [-0.39, 0.29) is 6.61 Å².